The summed E-state index contributed by atoms with van der Waals surface area (Å²) in [6.45, 7) is 0. The first kappa shape index (κ1) is 34.6. The van der Waals surface area contributed by atoms with Crippen LogP contribution in [-0.2, 0) is 15.1 Å². The SMILES string of the molecule is Nc1ccccc1C1=C2C=CC(=N2)C(c2ccccc2N)=C2C=CC(=N2)C(c2ccccc2N)=C2C=CC(=N2)C(c2ccccc2N)=C2C=CC1=N2.[Cl][Fe]. The van der Waals surface area contributed by atoms with Gasteiger partial charge in [-0.25, -0.2) is 20.0 Å². The van der Waals surface area contributed by atoms with Crippen LogP contribution in [0.15, 0.2) is 188 Å². The van der Waals surface area contributed by atoms with Gasteiger partial charge < -0.3 is 22.9 Å². The van der Waals surface area contributed by atoms with E-state index >= 15 is 0 Å². The van der Waals surface area contributed by atoms with Crippen LogP contribution in [0.2, 0.25) is 0 Å². The Morgan fingerprint density at radius 3 is 0.722 bits per heavy atom. The van der Waals surface area contributed by atoms with E-state index in [1.807, 2.05) is 146 Å². The number of aliphatic imine (C=N–C) groups is 4. The third kappa shape index (κ3) is 6.10. The number of fused-ring (bicyclic) bond motifs is 4. The van der Waals surface area contributed by atoms with Gasteiger partial charge in [-0.05, 0) is 72.9 Å². The molecule has 0 aliphatic carbocycles. The molecule has 5 aliphatic heterocycles. The van der Waals surface area contributed by atoms with Gasteiger partial charge in [0.05, 0.1) is 45.6 Å². The first-order chi connectivity index (χ1) is 26.4. The molecule has 5 heterocycles. The maximum absolute atomic E-state index is 6.65. The minimum atomic E-state index is 0.613. The summed E-state index contributed by atoms with van der Waals surface area (Å²) in [6.07, 6.45) is 16.0. The van der Waals surface area contributed by atoms with Gasteiger partial charge in [-0.15, -0.1) is 0 Å². The van der Waals surface area contributed by atoms with Crippen molar-refractivity contribution in [2.45, 2.75) is 0 Å². The molecule has 0 radical (unpaired) electrons. The molecule has 8 nitrogen and oxygen atoms in total. The van der Waals surface area contributed by atoms with Gasteiger partial charge in [0, 0.05) is 67.3 Å². The molecule has 8 bridgehead atoms. The quantitative estimate of drug-likeness (QED) is 0.121. The summed E-state index contributed by atoms with van der Waals surface area (Å²) < 4.78 is 0. The van der Waals surface area contributed by atoms with Crippen LogP contribution in [0.4, 0.5) is 22.7 Å². The van der Waals surface area contributed by atoms with Crippen LogP contribution < -0.4 is 22.9 Å². The molecule has 10 heteroatoms. The van der Waals surface area contributed by atoms with Crippen LogP contribution in [0.3, 0.4) is 0 Å². The zero-order valence-electron chi connectivity index (χ0n) is 28.7. The summed E-state index contributed by atoms with van der Waals surface area (Å²) in [7, 11) is 4.39. The number of nitrogens with zero attached hydrogens (tertiary/aromatic N) is 4. The number of hydrogen-bond acceptors (Lipinski definition) is 8. The van der Waals surface area contributed by atoms with Gasteiger partial charge in [0.25, 0.3) is 0 Å². The molecule has 0 saturated heterocycles. The molecule has 0 atom stereocenters. The second-order valence-corrected chi connectivity index (χ2v) is 12.7. The normalized spacial score (nSPS) is 16.9. The van der Waals surface area contributed by atoms with Gasteiger partial charge >= 0.3 is 25.2 Å². The predicted molar refractivity (Wildman–Crippen MR) is 223 cm³/mol. The standard InChI is InChI=1S/C44H32N8.ClH.Fe/c45-29-13-5-1-9-25(29)41-33-17-19-35(49-33)42(26-10-2-6-14-30(26)46)37-21-23-39(51-37)44(28-12-4-8-16-32(28)48)40-24-22-38(52-40)43(36-20-18-34(41)50-36)27-11-3-7-15-31(27)47;;/h1-24H,45-48H2;1H;/q;;+1/p-1. The van der Waals surface area contributed by atoms with Gasteiger partial charge in [-0.2, -0.15) is 0 Å². The number of benzene rings is 4. The second-order valence-electron chi connectivity index (χ2n) is 12.7. The molecule has 8 N–H and O–H groups in total. The Kier molecular flexibility index (Phi) is 9.27. The fourth-order valence-electron chi connectivity index (χ4n) is 7.09. The number of halogens is 1. The van der Waals surface area contributed by atoms with Gasteiger partial charge in [0.2, 0.25) is 0 Å². The van der Waals surface area contributed by atoms with Crippen LogP contribution in [0, 0.1) is 0 Å². The third-order valence-electron chi connectivity index (χ3n) is 9.53. The van der Waals surface area contributed by atoms with Crippen molar-refractivity contribution >= 4 is 78.0 Å². The average molecular weight is 764 g/mol. The Balaban J connectivity index is 0.00000203. The fraction of sp³-hybridized carbons (Fsp3) is 0. The summed E-state index contributed by atoms with van der Waals surface area (Å²) in [5.41, 5.74) is 41.2. The molecule has 0 saturated carbocycles. The topological polar surface area (TPSA) is 154 Å². The van der Waals surface area contributed by atoms with E-state index in [1.54, 1.807) is 0 Å². The van der Waals surface area contributed by atoms with Crippen molar-refractivity contribution in [3.8, 4) is 0 Å². The Bertz CT molecular complexity index is 2290. The van der Waals surface area contributed by atoms with E-state index in [-0.39, 0.29) is 0 Å². The summed E-state index contributed by atoms with van der Waals surface area (Å²) in [6, 6.07) is 31.1. The molecule has 5 aliphatic rings. The molecule has 54 heavy (non-hydrogen) atoms. The minimum absolute atomic E-state index is 0.613. The van der Waals surface area contributed by atoms with Crippen LogP contribution in [0.5, 0.6) is 0 Å². The number of rotatable bonds is 4. The fourth-order valence-corrected chi connectivity index (χ4v) is 7.09. The molecule has 9 rings (SSSR count). The summed E-state index contributed by atoms with van der Waals surface area (Å²) in [4.78, 5) is 21.1. The van der Waals surface area contributed by atoms with Crippen molar-refractivity contribution in [3.63, 3.8) is 0 Å². The predicted octanol–water partition coefficient (Wildman–Crippen LogP) is 8.70. The number of allylic oxidation sites excluding steroid dienone is 12. The van der Waals surface area contributed by atoms with E-state index in [4.69, 9.17) is 42.9 Å². The van der Waals surface area contributed by atoms with E-state index in [1.165, 1.54) is 0 Å². The summed E-state index contributed by atoms with van der Waals surface area (Å²) in [5.74, 6) is 0. The van der Waals surface area contributed by atoms with E-state index < -0.39 is 0 Å². The first-order valence-corrected chi connectivity index (χ1v) is 18.5. The number of nitrogen functional groups attached to an aromatic ring is 4. The third-order valence-corrected chi connectivity index (χ3v) is 9.53. The number of para-hydroxylation sites is 4. The second kappa shape index (κ2) is 14.5. The maximum atomic E-state index is 6.65. The Labute approximate surface area is 325 Å². The summed E-state index contributed by atoms with van der Waals surface area (Å²) >= 11 is 2.72. The van der Waals surface area contributed by atoms with Crippen molar-refractivity contribution < 1.29 is 15.1 Å². The molecule has 0 unspecified atom stereocenters. The van der Waals surface area contributed by atoms with Crippen molar-refractivity contribution in [3.05, 3.63) is 191 Å². The number of nitrogens with two attached hydrogens (primary N) is 4. The molecular weight excluding hydrogens is 732 g/mol. The molecule has 0 aromatic heterocycles. The van der Waals surface area contributed by atoms with E-state index in [0.29, 0.717) is 68.4 Å². The first-order valence-electron chi connectivity index (χ1n) is 17.0. The van der Waals surface area contributed by atoms with Gasteiger partial charge in [0.1, 0.15) is 0 Å². The molecular formula is C44H32ClFeN8. The van der Waals surface area contributed by atoms with Crippen LogP contribution in [0.1, 0.15) is 22.3 Å². The van der Waals surface area contributed by atoms with Crippen molar-refractivity contribution in [1.82, 2.24) is 0 Å². The van der Waals surface area contributed by atoms with Crippen molar-refractivity contribution in [1.29, 1.82) is 0 Å². The number of anilines is 4. The molecule has 263 valence electrons. The zero-order valence-corrected chi connectivity index (χ0v) is 30.5. The monoisotopic (exact) mass is 763 g/mol. The van der Waals surface area contributed by atoms with Gasteiger partial charge in [0.15, 0.2) is 0 Å². The van der Waals surface area contributed by atoms with E-state index in [0.717, 1.165) is 44.5 Å². The Hall–Kier alpha value is -6.51. The van der Waals surface area contributed by atoms with Gasteiger partial charge in [-0.3, -0.25) is 0 Å². The van der Waals surface area contributed by atoms with Crippen molar-refractivity contribution in [2.75, 3.05) is 22.9 Å². The van der Waals surface area contributed by atoms with E-state index in [9.17, 15) is 0 Å². The van der Waals surface area contributed by atoms with Crippen LogP contribution in [-0.4, -0.2) is 22.8 Å². The molecule has 0 spiro atoms. The zero-order chi connectivity index (χ0) is 37.3. The Morgan fingerprint density at radius 2 is 0.519 bits per heavy atom. The summed E-state index contributed by atoms with van der Waals surface area (Å²) in [5, 5.41) is 0. The average Bonchev–Trinajstić information content (AvgIpc) is 4.03. The van der Waals surface area contributed by atoms with E-state index in [2.05, 4.69) is 25.2 Å². The molecule has 4 aromatic carbocycles. The Morgan fingerprint density at radius 1 is 0.315 bits per heavy atom. The van der Waals surface area contributed by atoms with Crippen molar-refractivity contribution in [2.24, 2.45) is 20.0 Å². The van der Waals surface area contributed by atoms with Crippen LogP contribution in [0.25, 0.3) is 22.3 Å². The number of hydrogen-bond donors (Lipinski definition) is 4. The van der Waals surface area contributed by atoms with Gasteiger partial charge in [-0.1, -0.05) is 72.8 Å². The molecule has 4 aromatic rings. The molecule has 0 amide bonds. The molecule has 0 fully saturated rings. The van der Waals surface area contributed by atoms with Crippen LogP contribution >= 0.6 is 10.1 Å².